The Morgan fingerprint density at radius 2 is 2.38 bits per heavy atom. The number of hydrogen-bond acceptors (Lipinski definition) is 6. The van der Waals surface area contributed by atoms with Crippen molar-refractivity contribution in [3.05, 3.63) is 12.1 Å². The van der Waals surface area contributed by atoms with E-state index in [4.69, 9.17) is 5.73 Å². The number of hydrogen-bond donors (Lipinski definition) is 2. The van der Waals surface area contributed by atoms with E-state index in [1.54, 1.807) is 0 Å². The van der Waals surface area contributed by atoms with Crippen LogP contribution in [0.2, 0.25) is 0 Å². The zero-order valence-electron chi connectivity index (χ0n) is 9.17. The molecule has 0 amide bonds. The van der Waals surface area contributed by atoms with Crippen molar-refractivity contribution in [1.82, 2.24) is 25.3 Å². The number of fused-ring (bicyclic) bond motifs is 1. The van der Waals surface area contributed by atoms with Gasteiger partial charge in [0.25, 0.3) is 0 Å². The third-order valence-corrected chi connectivity index (χ3v) is 2.43. The van der Waals surface area contributed by atoms with Gasteiger partial charge in [-0.05, 0) is 41.9 Å². The van der Waals surface area contributed by atoms with Gasteiger partial charge in [0.15, 0.2) is 5.65 Å². The highest BCUT2D eigenvalue weighted by molar-refractivity contribution is 5.42. The zero-order valence-corrected chi connectivity index (χ0v) is 9.17. The van der Waals surface area contributed by atoms with E-state index in [0.29, 0.717) is 18.2 Å². The molecule has 0 bridgehead atoms. The standard InChI is InChI=1S/C9H15N7/c1-2-7(5-6-10)11-8-3-4-9-12-14-15-16(9)13-8/h3-4,7H,2,5-6,10H2,1H3,(H,11,13). The first-order valence-electron chi connectivity index (χ1n) is 5.35. The molecule has 2 aromatic rings. The molecule has 86 valence electrons. The van der Waals surface area contributed by atoms with Gasteiger partial charge in [0, 0.05) is 6.04 Å². The summed E-state index contributed by atoms with van der Waals surface area (Å²) < 4.78 is 1.40. The van der Waals surface area contributed by atoms with Crippen LogP contribution in [0, 0.1) is 0 Å². The third-order valence-electron chi connectivity index (χ3n) is 2.43. The van der Waals surface area contributed by atoms with Gasteiger partial charge in [-0.25, -0.2) is 0 Å². The number of anilines is 1. The van der Waals surface area contributed by atoms with Gasteiger partial charge in [-0.15, -0.1) is 14.8 Å². The summed E-state index contributed by atoms with van der Waals surface area (Å²) in [6.07, 6.45) is 1.93. The first-order chi connectivity index (χ1) is 7.83. The fourth-order valence-corrected chi connectivity index (χ4v) is 1.52. The number of nitrogens with two attached hydrogens (primary N) is 1. The lowest BCUT2D eigenvalue weighted by Gasteiger charge is -2.15. The average molecular weight is 221 g/mol. The Bertz CT molecular complexity index is 452. The van der Waals surface area contributed by atoms with Crippen LogP contribution in [0.25, 0.3) is 5.65 Å². The second-order valence-corrected chi connectivity index (χ2v) is 3.57. The van der Waals surface area contributed by atoms with Crippen molar-refractivity contribution in [3.8, 4) is 0 Å². The monoisotopic (exact) mass is 221 g/mol. The molecule has 0 aliphatic heterocycles. The normalized spacial score (nSPS) is 12.9. The van der Waals surface area contributed by atoms with Gasteiger partial charge in [-0.2, -0.15) is 0 Å². The maximum Gasteiger partial charge on any atom is 0.200 e. The van der Waals surface area contributed by atoms with E-state index in [1.165, 1.54) is 4.63 Å². The Kier molecular flexibility index (Phi) is 3.25. The van der Waals surface area contributed by atoms with Crippen LogP contribution in [0.5, 0.6) is 0 Å². The SMILES string of the molecule is CCC(CCN)Nc1ccc2nnnn2n1. The lowest BCUT2D eigenvalue weighted by Crippen LogP contribution is -2.23. The molecule has 16 heavy (non-hydrogen) atoms. The number of rotatable bonds is 5. The highest BCUT2D eigenvalue weighted by Gasteiger charge is 2.06. The second-order valence-electron chi connectivity index (χ2n) is 3.57. The van der Waals surface area contributed by atoms with Gasteiger partial charge >= 0.3 is 0 Å². The molecule has 0 aliphatic rings. The molecule has 2 rings (SSSR count). The molecule has 2 heterocycles. The predicted molar refractivity (Wildman–Crippen MR) is 60.0 cm³/mol. The summed E-state index contributed by atoms with van der Waals surface area (Å²) >= 11 is 0. The van der Waals surface area contributed by atoms with Crippen LogP contribution in [0.3, 0.4) is 0 Å². The molecule has 0 aromatic carbocycles. The van der Waals surface area contributed by atoms with E-state index < -0.39 is 0 Å². The van der Waals surface area contributed by atoms with Crippen LogP contribution in [-0.4, -0.2) is 37.8 Å². The summed E-state index contributed by atoms with van der Waals surface area (Å²) in [5.41, 5.74) is 6.17. The Morgan fingerprint density at radius 1 is 1.50 bits per heavy atom. The van der Waals surface area contributed by atoms with Crippen molar-refractivity contribution < 1.29 is 0 Å². The largest absolute Gasteiger partial charge is 0.366 e. The smallest absolute Gasteiger partial charge is 0.200 e. The fraction of sp³-hybridized carbons (Fsp3) is 0.556. The molecule has 3 N–H and O–H groups in total. The number of tetrazole rings is 1. The van der Waals surface area contributed by atoms with Gasteiger partial charge in [0.05, 0.1) is 0 Å². The van der Waals surface area contributed by atoms with Crippen molar-refractivity contribution in [2.24, 2.45) is 5.73 Å². The molecule has 2 aromatic heterocycles. The Labute approximate surface area is 93.0 Å². The van der Waals surface area contributed by atoms with Gasteiger partial charge < -0.3 is 11.1 Å². The predicted octanol–water partition coefficient (Wildman–Crippen LogP) is 0.0586. The molecule has 0 aliphatic carbocycles. The summed E-state index contributed by atoms with van der Waals surface area (Å²) in [4.78, 5) is 0. The molecule has 7 heteroatoms. The summed E-state index contributed by atoms with van der Waals surface area (Å²) in [5.74, 6) is 0.764. The van der Waals surface area contributed by atoms with Crippen molar-refractivity contribution in [3.63, 3.8) is 0 Å². The summed E-state index contributed by atoms with van der Waals surface area (Å²) in [6, 6.07) is 4.03. The number of aromatic nitrogens is 5. The van der Waals surface area contributed by atoms with E-state index in [0.717, 1.165) is 18.7 Å². The van der Waals surface area contributed by atoms with E-state index >= 15 is 0 Å². The lowest BCUT2D eigenvalue weighted by atomic mass is 10.1. The maximum absolute atomic E-state index is 5.53. The molecular formula is C9H15N7. The molecule has 0 fully saturated rings. The van der Waals surface area contributed by atoms with E-state index in [9.17, 15) is 0 Å². The maximum atomic E-state index is 5.53. The number of nitrogens with zero attached hydrogens (tertiary/aromatic N) is 5. The van der Waals surface area contributed by atoms with Crippen LogP contribution < -0.4 is 11.1 Å². The van der Waals surface area contributed by atoms with Crippen molar-refractivity contribution >= 4 is 11.5 Å². The van der Waals surface area contributed by atoms with Crippen LogP contribution in [0.15, 0.2) is 12.1 Å². The zero-order chi connectivity index (χ0) is 11.4. The van der Waals surface area contributed by atoms with E-state index in [2.05, 4.69) is 32.9 Å². The Morgan fingerprint density at radius 3 is 3.12 bits per heavy atom. The summed E-state index contributed by atoms with van der Waals surface area (Å²) in [5, 5.41) is 18.6. The lowest BCUT2D eigenvalue weighted by molar-refractivity contribution is 0.633. The van der Waals surface area contributed by atoms with Crippen LogP contribution in [-0.2, 0) is 0 Å². The molecule has 7 nitrogen and oxygen atoms in total. The molecule has 0 spiro atoms. The highest BCUT2D eigenvalue weighted by atomic mass is 15.6. The molecule has 1 unspecified atom stereocenters. The third kappa shape index (κ3) is 2.25. The topological polar surface area (TPSA) is 94.0 Å². The quantitative estimate of drug-likeness (QED) is 0.741. The van der Waals surface area contributed by atoms with Crippen LogP contribution >= 0.6 is 0 Å². The summed E-state index contributed by atoms with van der Waals surface area (Å²) in [6.45, 7) is 2.78. The highest BCUT2D eigenvalue weighted by Crippen LogP contribution is 2.08. The molecule has 1 atom stereocenters. The van der Waals surface area contributed by atoms with Crippen molar-refractivity contribution in [1.29, 1.82) is 0 Å². The van der Waals surface area contributed by atoms with Crippen LogP contribution in [0.1, 0.15) is 19.8 Å². The average Bonchev–Trinajstić information content (AvgIpc) is 2.75. The fourth-order valence-electron chi connectivity index (χ4n) is 1.52. The second kappa shape index (κ2) is 4.84. The van der Waals surface area contributed by atoms with Gasteiger partial charge in [-0.3, -0.25) is 0 Å². The minimum Gasteiger partial charge on any atom is -0.366 e. The molecule has 0 saturated carbocycles. The number of nitrogens with one attached hydrogen (secondary N) is 1. The molecule has 0 radical (unpaired) electrons. The van der Waals surface area contributed by atoms with Gasteiger partial charge in [-0.1, -0.05) is 6.92 Å². The Balaban J connectivity index is 2.13. The summed E-state index contributed by atoms with van der Waals surface area (Å²) in [7, 11) is 0. The van der Waals surface area contributed by atoms with Gasteiger partial charge in [0.1, 0.15) is 5.82 Å². The van der Waals surface area contributed by atoms with Crippen molar-refractivity contribution in [2.45, 2.75) is 25.8 Å². The van der Waals surface area contributed by atoms with Gasteiger partial charge in [0.2, 0.25) is 0 Å². The van der Waals surface area contributed by atoms with E-state index in [1.807, 2.05) is 12.1 Å². The van der Waals surface area contributed by atoms with Crippen LogP contribution in [0.4, 0.5) is 5.82 Å². The first kappa shape index (κ1) is 10.7. The Hall–Kier alpha value is -1.76. The molecule has 0 saturated heterocycles. The minimum absolute atomic E-state index is 0.339. The van der Waals surface area contributed by atoms with E-state index in [-0.39, 0.29) is 0 Å². The van der Waals surface area contributed by atoms with Crippen molar-refractivity contribution in [2.75, 3.05) is 11.9 Å². The minimum atomic E-state index is 0.339. The molecular weight excluding hydrogens is 206 g/mol. The first-order valence-corrected chi connectivity index (χ1v) is 5.35.